The van der Waals surface area contributed by atoms with Gasteiger partial charge in [0.2, 0.25) is 5.91 Å². The second kappa shape index (κ2) is 4.24. The van der Waals surface area contributed by atoms with Crippen molar-refractivity contribution in [3.8, 4) is 0 Å². The number of benzene rings is 1. The number of aromatic amines is 1. The van der Waals surface area contributed by atoms with Crippen molar-refractivity contribution < 1.29 is 4.79 Å². The number of para-hydroxylation sites is 1. The Morgan fingerprint density at radius 3 is 3.06 bits per heavy atom. The van der Waals surface area contributed by atoms with Gasteiger partial charge in [0.1, 0.15) is 0 Å². The summed E-state index contributed by atoms with van der Waals surface area (Å²) in [7, 11) is 0. The zero-order chi connectivity index (χ0) is 11.7. The summed E-state index contributed by atoms with van der Waals surface area (Å²) >= 11 is 0. The molecule has 0 spiro atoms. The molecule has 1 aliphatic rings. The summed E-state index contributed by atoms with van der Waals surface area (Å²) in [6, 6.07) is 8.29. The maximum Gasteiger partial charge on any atom is 0.220 e. The lowest BCUT2D eigenvalue weighted by molar-refractivity contribution is -0.121. The van der Waals surface area contributed by atoms with Gasteiger partial charge in [-0.3, -0.25) is 4.79 Å². The van der Waals surface area contributed by atoms with Crippen LogP contribution in [0, 0.1) is 0 Å². The maximum atomic E-state index is 11.6. The fraction of sp³-hybridized carbons (Fsp3) is 0.357. The van der Waals surface area contributed by atoms with E-state index >= 15 is 0 Å². The molecule has 17 heavy (non-hydrogen) atoms. The highest BCUT2D eigenvalue weighted by molar-refractivity contribution is 5.85. The van der Waals surface area contributed by atoms with Gasteiger partial charge in [-0.05, 0) is 30.4 Å². The van der Waals surface area contributed by atoms with Crippen molar-refractivity contribution in [3.05, 3.63) is 36.0 Å². The van der Waals surface area contributed by atoms with Crippen molar-refractivity contribution in [2.75, 3.05) is 6.54 Å². The molecule has 1 aromatic heterocycles. The predicted molar refractivity (Wildman–Crippen MR) is 67.9 cm³/mol. The summed E-state index contributed by atoms with van der Waals surface area (Å²) in [4.78, 5) is 14.9. The number of H-pyrrole nitrogens is 1. The molecule has 0 bridgehead atoms. The van der Waals surface area contributed by atoms with Gasteiger partial charge >= 0.3 is 0 Å². The van der Waals surface area contributed by atoms with Gasteiger partial charge in [0.05, 0.1) is 0 Å². The average Bonchev–Trinajstić information content (AvgIpc) is 2.66. The van der Waals surface area contributed by atoms with Crippen molar-refractivity contribution >= 4 is 16.8 Å². The Balaban J connectivity index is 1.99. The Bertz CT molecular complexity index is 544. The fourth-order valence-electron chi connectivity index (χ4n) is 2.67. The average molecular weight is 228 g/mol. The van der Waals surface area contributed by atoms with E-state index in [0.717, 1.165) is 24.9 Å². The number of carbonyl (C=O) groups is 1. The number of rotatable bonds is 1. The molecule has 1 amide bonds. The first-order chi connectivity index (χ1) is 8.34. The van der Waals surface area contributed by atoms with Gasteiger partial charge in [0.25, 0.3) is 0 Å². The summed E-state index contributed by atoms with van der Waals surface area (Å²) in [6.07, 6.45) is 4.83. The van der Waals surface area contributed by atoms with Crippen LogP contribution in [0.5, 0.6) is 0 Å². The van der Waals surface area contributed by atoms with Crippen LogP contribution in [0.4, 0.5) is 0 Å². The topological polar surface area (TPSA) is 44.9 Å². The molecule has 3 heteroatoms. The van der Waals surface area contributed by atoms with Crippen LogP contribution in [-0.4, -0.2) is 17.4 Å². The summed E-state index contributed by atoms with van der Waals surface area (Å²) in [5, 5.41) is 4.19. The van der Waals surface area contributed by atoms with Crippen LogP contribution in [0.3, 0.4) is 0 Å². The highest BCUT2D eigenvalue weighted by Crippen LogP contribution is 2.31. The molecule has 88 valence electrons. The Labute approximate surface area is 100 Å². The van der Waals surface area contributed by atoms with E-state index in [4.69, 9.17) is 0 Å². The first-order valence-corrected chi connectivity index (χ1v) is 6.17. The molecule has 0 radical (unpaired) electrons. The van der Waals surface area contributed by atoms with Crippen molar-refractivity contribution in [2.24, 2.45) is 0 Å². The van der Waals surface area contributed by atoms with Crippen molar-refractivity contribution in [2.45, 2.75) is 25.2 Å². The zero-order valence-electron chi connectivity index (χ0n) is 9.70. The molecular formula is C14H16N2O. The Hall–Kier alpha value is -1.77. The Morgan fingerprint density at radius 1 is 1.24 bits per heavy atom. The van der Waals surface area contributed by atoms with Gasteiger partial charge in [-0.1, -0.05) is 18.2 Å². The van der Waals surface area contributed by atoms with Crippen molar-refractivity contribution in [1.82, 2.24) is 10.3 Å². The Kier molecular flexibility index (Phi) is 2.59. The van der Waals surface area contributed by atoms with Crippen LogP contribution in [-0.2, 0) is 4.79 Å². The fourth-order valence-corrected chi connectivity index (χ4v) is 2.67. The third-order valence-electron chi connectivity index (χ3n) is 3.54. The van der Waals surface area contributed by atoms with Crippen LogP contribution in [0.1, 0.15) is 30.7 Å². The monoisotopic (exact) mass is 228 g/mol. The molecule has 1 saturated heterocycles. The van der Waals surface area contributed by atoms with E-state index in [1.54, 1.807) is 0 Å². The van der Waals surface area contributed by atoms with Crippen LogP contribution < -0.4 is 5.32 Å². The third-order valence-corrected chi connectivity index (χ3v) is 3.54. The first kappa shape index (κ1) is 10.4. The predicted octanol–water partition coefficient (Wildman–Crippen LogP) is 2.55. The summed E-state index contributed by atoms with van der Waals surface area (Å²) in [5.74, 6) is 0.534. The summed E-state index contributed by atoms with van der Waals surface area (Å²) in [6.45, 7) is 0.817. The second-order valence-electron chi connectivity index (χ2n) is 4.68. The van der Waals surface area contributed by atoms with Crippen LogP contribution in [0.25, 0.3) is 10.9 Å². The van der Waals surface area contributed by atoms with Crippen LogP contribution >= 0.6 is 0 Å². The SMILES string of the molecule is O=C1CC(c2c[nH]c3ccccc23)CCCN1. The Morgan fingerprint density at radius 2 is 2.12 bits per heavy atom. The lowest BCUT2D eigenvalue weighted by Crippen LogP contribution is -2.22. The van der Waals surface area contributed by atoms with E-state index in [0.29, 0.717) is 12.3 Å². The van der Waals surface area contributed by atoms with Crippen molar-refractivity contribution in [1.29, 1.82) is 0 Å². The molecule has 3 rings (SSSR count). The quantitative estimate of drug-likeness (QED) is 0.774. The summed E-state index contributed by atoms with van der Waals surface area (Å²) in [5.41, 5.74) is 2.45. The van der Waals surface area contributed by atoms with Gasteiger partial charge in [0.15, 0.2) is 0 Å². The molecule has 1 aliphatic heterocycles. The standard InChI is InChI=1S/C14H16N2O/c17-14-8-10(4-3-7-15-14)12-9-16-13-6-2-1-5-11(12)13/h1-2,5-6,9-10,16H,3-4,7-8H2,(H,15,17). The van der Waals surface area contributed by atoms with E-state index in [1.165, 1.54) is 10.9 Å². The van der Waals surface area contributed by atoms with E-state index in [9.17, 15) is 4.79 Å². The minimum atomic E-state index is 0.179. The van der Waals surface area contributed by atoms with E-state index in [1.807, 2.05) is 6.07 Å². The van der Waals surface area contributed by atoms with Crippen LogP contribution in [0.15, 0.2) is 30.5 Å². The minimum absolute atomic E-state index is 0.179. The molecule has 0 aliphatic carbocycles. The molecule has 2 heterocycles. The molecule has 1 atom stereocenters. The summed E-state index contributed by atoms with van der Waals surface area (Å²) < 4.78 is 0. The molecule has 2 aromatic rings. The van der Waals surface area contributed by atoms with E-state index in [-0.39, 0.29) is 5.91 Å². The van der Waals surface area contributed by atoms with Gasteiger partial charge in [-0.2, -0.15) is 0 Å². The second-order valence-corrected chi connectivity index (χ2v) is 4.68. The normalized spacial score (nSPS) is 21.2. The van der Waals surface area contributed by atoms with Crippen LogP contribution in [0.2, 0.25) is 0 Å². The van der Waals surface area contributed by atoms with Gasteiger partial charge in [-0.25, -0.2) is 0 Å². The number of carbonyl (C=O) groups excluding carboxylic acids is 1. The lowest BCUT2D eigenvalue weighted by atomic mass is 9.91. The molecule has 1 fully saturated rings. The van der Waals surface area contributed by atoms with E-state index in [2.05, 4.69) is 34.7 Å². The molecule has 3 nitrogen and oxygen atoms in total. The third kappa shape index (κ3) is 1.93. The molecular weight excluding hydrogens is 212 g/mol. The number of hydrogen-bond donors (Lipinski definition) is 2. The number of nitrogens with one attached hydrogen (secondary N) is 2. The molecule has 1 unspecified atom stereocenters. The molecule has 0 saturated carbocycles. The van der Waals surface area contributed by atoms with Crippen molar-refractivity contribution in [3.63, 3.8) is 0 Å². The first-order valence-electron chi connectivity index (χ1n) is 6.17. The maximum absolute atomic E-state index is 11.6. The lowest BCUT2D eigenvalue weighted by Gasteiger charge is -2.11. The minimum Gasteiger partial charge on any atom is -0.361 e. The highest BCUT2D eigenvalue weighted by Gasteiger charge is 2.21. The number of fused-ring (bicyclic) bond motifs is 1. The van der Waals surface area contributed by atoms with E-state index < -0.39 is 0 Å². The number of hydrogen-bond acceptors (Lipinski definition) is 1. The van der Waals surface area contributed by atoms with Gasteiger partial charge < -0.3 is 10.3 Å². The number of aromatic nitrogens is 1. The smallest absolute Gasteiger partial charge is 0.220 e. The molecule has 2 N–H and O–H groups in total. The zero-order valence-corrected chi connectivity index (χ0v) is 9.70. The largest absolute Gasteiger partial charge is 0.361 e. The molecule has 1 aromatic carbocycles. The highest BCUT2D eigenvalue weighted by atomic mass is 16.1. The van der Waals surface area contributed by atoms with Gasteiger partial charge in [-0.15, -0.1) is 0 Å². The van der Waals surface area contributed by atoms with Gasteiger partial charge in [0, 0.05) is 30.1 Å². The number of amides is 1.